The molecule has 1 unspecified atom stereocenters. The second kappa shape index (κ2) is 6.36. The summed E-state index contributed by atoms with van der Waals surface area (Å²) >= 11 is 6.23. The number of pyridine rings is 1. The summed E-state index contributed by atoms with van der Waals surface area (Å²) in [7, 11) is 0. The smallest absolute Gasteiger partial charge is 0.249 e. The van der Waals surface area contributed by atoms with Crippen LogP contribution in [0.1, 0.15) is 18.5 Å². The number of anilines is 2. The van der Waals surface area contributed by atoms with Crippen molar-refractivity contribution in [1.29, 1.82) is 0 Å². The molecule has 5 heteroatoms. The van der Waals surface area contributed by atoms with Crippen LogP contribution in [-0.2, 0) is 4.79 Å². The van der Waals surface area contributed by atoms with E-state index in [1.165, 1.54) is 0 Å². The fraction of sp³-hybridized carbons (Fsp3) is 0.294. The number of amides is 1. The Morgan fingerprint density at radius 2 is 2.14 bits per heavy atom. The topological polar surface area (TPSA) is 45.2 Å². The number of rotatable bonds is 3. The van der Waals surface area contributed by atoms with Gasteiger partial charge in [0.05, 0.1) is 10.7 Å². The highest BCUT2D eigenvalue weighted by molar-refractivity contribution is 6.33. The number of piperidine rings is 1. The lowest BCUT2D eigenvalue weighted by atomic mass is 10.0. The highest BCUT2D eigenvalue weighted by atomic mass is 35.5. The number of hydrogen-bond donors (Lipinski definition) is 1. The van der Waals surface area contributed by atoms with Gasteiger partial charge in [-0.05, 0) is 44.0 Å². The van der Waals surface area contributed by atoms with Crippen molar-refractivity contribution in [3.63, 3.8) is 0 Å². The summed E-state index contributed by atoms with van der Waals surface area (Å²) in [5.74, 6) is 0.0637. The van der Waals surface area contributed by atoms with E-state index < -0.39 is 0 Å². The minimum Gasteiger partial charge on any atom is -0.374 e. The molecule has 1 N–H and O–H groups in total. The molecule has 114 valence electrons. The lowest BCUT2D eigenvalue weighted by molar-refractivity contribution is -0.120. The number of halogens is 1. The Labute approximate surface area is 135 Å². The number of aromatic nitrogens is 1. The SMILES string of the molecule is Cc1cc(NC2CCCN(c3ccccc3Cl)C2=O)ccn1. The van der Waals surface area contributed by atoms with Crippen LogP contribution in [0.4, 0.5) is 11.4 Å². The van der Waals surface area contributed by atoms with Gasteiger partial charge < -0.3 is 10.2 Å². The molecule has 1 atom stereocenters. The van der Waals surface area contributed by atoms with Gasteiger partial charge in [0, 0.05) is 24.1 Å². The summed E-state index contributed by atoms with van der Waals surface area (Å²) < 4.78 is 0. The van der Waals surface area contributed by atoms with Gasteiger partial charge in [0.25, 0.3) is 0 Å². The zero-order valence-electron chi connectivity index (χ0n) is 12.4. The molecule has 1 aliphatic heterocycles. The number of aryl methyl sites for hydroxylation is 1. The standard InChI is InChI=1S/C17H18ClN3O/c1-12-11-13(8-9-19-12)20-15-6-4-10-21(17(15)22)16-7-3-2-5-14(16)18/h2-3,5,7-9,11,15H,4,6,10H2,1H3,(H,19,20). The second-order valence-corrected chi connectivity index (χ2v) is 5.87. The lowest BCUT2D eigenvalue weighted by Gasteiger charge is -2.33. The number of nitrogens with zero attached hydrogens (tertiary/aromatic N) is 2. The van der Waals surface area contributed by atoms with Crippen LogP contribution in [0.5, 0.6) is 0 Å². The number of para-hydroxylation sites is 1. The molecule has 0 saturated carbocycles. The highest BCUT2D eigenvalue weighted by Gasteiger charge is 2.30. The van der Waals surface area contributed by atoms with E-state index in [4.69, 9.17) is 11.6 Å². The number of hydrogen-bond acceptors (Lipinski definition) is 3. The van der Waals surface area contributed by atoms with Gasteiger partial charge in [-0.25, -0.2) is 0 Å². The van der Waals surface area contributed by atoms with E-state index in [0.717, 1.165) is 29.9 Å². The first kappa shape index (κ1) is 14.9. The van der Waals surface area contributed by atoms with Crippen LogP contribution in [0, 0.1) is 6.92 Å². The number of benzene rings is 1. The molecule has 1 aliphatic rings. The number of carbonyl (C=O) groups is 1. The quantitative estimate of drug-likeness (QED) is 0.940. The predicted molar refractivity (Wildman–Crippen MR) is 89.4 cm³/mol. The first-order valence-corrected chi connectivity index (χ1v) is 7.78. The zero-order chi connectivity index (χ0) is 15.5. The molecule has 0 aliphatic carbocycles. The Balaban J connectivity index is 1.80. The van der Waals surface area contributed by atoms with E-state index in [9.17, 15) is 4.79 Å². The highest BCUT2D eigenvalue weighted by Crippen LogP contribution is 2.29. The average Bonchev–Trinajstić information content (AvgIpc) is 2.50. The van der Waals surface area contributed by atoms with E-state index in [-0.39, 0.29) is 11.9 Å². The average molecular weight is 316 g/mol. The van der Waals surface area contributed by atoms with Crippen LogP contribution < -0.4 is 10.2 Å². The largest absolute Gasteiger partial charge is 0.374 e. The molecule has 2 aromatic rings. The van der Waals surface area contributed by atoms with Gasteiger partial charge >= 0.3 is 0 Å². The molecule has 1 saturated heterocycles. The van der Waals surface area contributed by atoms with Crippen molar-refractivity contribution >= 4 is 28.9 Å². The van der Waals surface area contributed by atoms with Crippen LogP contribution in [0.25, 0.3) is 0 Å². The summed E-state index contributed by atoms with van der Waals surface area (Å²) in [6.45, 7) is 2.64. The third kappa shape index (κ3) is 3.07. The fourth-order valence-electron chi connectivity index (χ4n) is 2.76. The van der Waals surface area contributed by atoms with Gasteiger partial charge in [0.15, 0.2) is 0 Å². The second-order valence-electron chi connectivity index (χ2n) is 5.47. The zero-order valence-corrected chi connectivity index (χ0v) is 13.2. The lowest BCUT2D eigenvalue weighted by Crippen LogP contribution is -2.47. The van der Waals surface area contributed by atoms with Crippen molar-refractivity contribution in [2.75, 3.05) is 16.8 Å². The number of nitrogens with one attached hydrogen (secondary N) is 1. The summed E-state index contributed by atoms with van der Waals surface area (Å²) in [5.41, 5.74) is 2.63. The van der Waals surface area contributed by atoms with Crippen molar-refractivity contribution in [2.24, 2.45) is 0 Å². The first-order chi connectivity index (χ1) is 10.6. The molecule has 1 aromatic carbocycles. The summed E-state index contributed by atoms with van der Waals surface area (Å²) in [6, 6.07) is 11.1. The molecular formula is C17H18ClN3O. The molecule has 0 bridgehead atoms. The monoisotopic (exact) mass is 315 g/mol. The molecule has 3 rings (SSSR count). The maximum Gasteiger partial charge on any atom is 0.249 e. The van der Waals surface area contributed by atoms with Crippen LogP contribution in [0.2, 0.25) is 5.02 Å². The molecule has 1 amide bonds. The van der Waals surface area contributed by atoms with E-state index in [1.54, 1.807) is 11.1 Å². The molecule has 0 radical (unpaired) electrons. The van der Waals surface area contributed by atoms with Crippen molar-refractivity contribution in [3.05, 3.63) is 53.3 Å². The molecule has 1 fully saturated rings. The van der Waals surface area contributed by atoms with E-state index >= 15 is 0 Å². The molecule has 22 heavy (non-hydrogen) atoms. The molecule has 1 aromatic heterocycles. The summed E-state index contributed by atoms with van der Waals surface area (Å²) in [4.78, 5) is 18.7. The van der Waals surface area contributed by atoms with E-state index in [0.29, 0.717) is 11.6 Å². The summed E-state index contributed by atoms with van der Waals surface area (Å²) in [5, 5.41) is 3.92. The van der Waals surface area contributed by atoms with Crippen LogP contribution in [0.3, 0.4) is 0 Å². The minimum absolute atomic E-state index is 0.0637. The van der Waals surface area contributed by atoms with Crippen molar-refractivity contribution < 1.29 is 4.79 Å². The van der Waals surface area contributed by atoms with Gasteiger partial charge in [-0.2, -0.15) is 0 Å². The van der Waals surface area contributed by atoms with Gasteiger partial charge in [-0.1, -0.05) is 23.7 Å². The molecule has 2 heterocycles. The molecule has 4 nitrogen and oxygen atoms in total. The van der Waals surface area contributed by atoms with Crippen molar-refractivity contribution in [1.82, 2.24) is 4.98 Å². The summed E-state index contributed by atoms with van der Waals surface area (Å²) in [6.07, 6.45) is 3.51. The Bertz CT molecular complexity index is 689. The van der Waals surface area contributed by atoms with Crippen LogP contribution in [0.15, 0.2) is 42.6 Å². The van der Waals surface area contributed by atoms with Crippen molar-refractivity contribution in [3.8, 4) is 0 Å². The molecular weight excluding hydrogens is 298 g/mol. The maximum absolute atomic E-state index is 12.8. The minimum atomic E-state index is -0.230. The normalized spacial score (nSPS) is 18.4. The van der Waals surface area contributed by atoms with Gasteiger partial charge in [-0.15, -0.1) is 0 Å². The van der Waals surface area contributed by atoms with Gasteiger partial charge in [0.2, 0.25) is 5.91 Å². The maximum atomic E-state index is 12.8. The third-order valence-corrected chi connectivity index (χ3v) is 4.14. The van der Waals surface area contributed by atoms with Crippen LogP contribution >= 0.6 is 11.6 Å². The van der Waals surface area contributed by atoms with Crippen molar-refractivity contribution in [2.45, 2.75) is 25.8 Å². The Morgan fingerprint density at radius 3 is 2.91 bits per heavy atom. The first-order valence-electron chi connectivity index (χ1n) is 7.40. The van der Waals surface area contributed by atoms with Gasteiger partial charge in [-0.3, -0.25) is 9.78 Å². The van der Waals surface area contributed by atoms with Crippen LogP contribution in [-0.4, -0.2) is 23.5 Å². The third-order valence-electron chi connectivity index (χ3n) is 3.82. The Morgan fingerprint density at radius 1 is 1.32 bits per heavy atom. The number of carbonyl (C=O) groups excluding carboxylic acids is 1. The predicted octanol–water partition coefficient (Wildman–Crippen LogP) is 3.65. The van der Waals surface area contributed by atoms with Gasteiger partial charge in [0.1, 0.15) is 6.04 Å². The fourth-order valence-corrected chi connectivity index (χ4v) is 2.99. The van der Waals surface area contributed by atoms with E-state index in [2.05, 4.69) is 10.3 Å². The Kier molecular flexibility index (Phi) is 4.29. The molecule has 0 spiro atoms. The Hall–Kier alpha value is -2.07. The van der Waals surface area contributed by atoms with E-state index in [1.807, 2.05) is 43.3 Å².